The number of pyridine rings is 1. The van der Waals surface area contributed by atoms with Gasteiger partial charge in [-0.25, -0.2) is 18.2 Å². The van der Waals surface area contributed by atoms with Crippen LogP contribution in [0.1, 0.15) is 0 Å². The Kier molecular flexibility index (Phi) is 2.94. The summed E-state index contributed by atoms with van der Waals surface area (Å²) in [7, 11) is 0. The Bertz CT molecular complexity index is 1020. The van der Waals surface area contributed by atoms with E-state index in [1.807, 2.05) is 0 Å². The third kappa shape index (κ3) is 2.09. The van der Waals surface area contributed by atoms with Gasteiger partial charge in [-0.2, -0.15) is 0 Å². The van der Waals surface area contributed by atoms with E-state index in [0.29, 0.717) is 17.3 Å². The van der Waals surface area contributed by atoms with Crippen LogP contribution in [-0.2, 0) is 0 Å². The van der Waals surface area contributed by atoms with E-state index < -0.39 is 17.5 Å². The summed E-state index contributed by atoms with van der Waals surface area (Å²) in [5.74, 6) is -3.11. The molecule has 0 aliphatic carbocycles. The van der Waals surface area contributed by atoms with Crippen molar-refractivity contribution in [2.75, 3.05) is 0 Å². The van der Waals surface area contributed by atoms with Gasteiger partial charge in [-0.05, 0) is 18.2 Å². The van der Waals surface area contributed by atoms with E-state index in [9.17, 15) is 13.2 Å². The van der Waals surface area contributed by atoms with Gasteiger partial charge in [-0.3, -0.25) is 0 Å². The molecule has 0 spiro atoms. The first-order valence-electron chi connectivity index (χ1n) is 6.67. The van der Waals surface area contributed by atoms with Crippen LogP contribution in [0.3, 0.4) is 0 Å². The molecule has 0 fully saturated rings. The molecular formula is C16H8F3N3O. The Balaban J connectivity index is 1.97. The molecule has 1 N–H and O–H groups in total. The highest BCUT2D eigenvalue weighted by Crippen LogP contribution is 2.37. The van der Waals surface area contributed by atoms with E-state index in [4.69, 9.17) is 4.52 Å². The number of aromatic nitrogens is 3. The van der Waals surface area contributed by atoms with Gasteiger partial charge in [-0.1, -0.05) is 5.16 Å². The van der Waals surface area contributed by atoms with Gasteiger partial charge in [0.1, 0.15) is 11.5 Å². The molecule has 0 saturated heterocycles. The zero-order chi connectivity index (χ0) is 16.0. The summed E-state index contributed by atoms with van der Waals surface area (Å²) in [6.45, 7) is 0. The van der Waals surface area contributed by atoms with Gasteiger partial charge in [-0.15, -0.1) is 0 Å². The van der Waals surface area contributed by atoms with E-state index in [1.54, 1.807) is 24.5 Å². The number of rotatable bonds is 2. The van der Waals surface area contributed by atoms with Crippen LogP contribution < -0.4 is 0 Å². The maximum Gasteiger partial charge on any atom is 0.176 e. The highest BCUT2D eigenvalue weighted by molar-refractivity contribution is 5.96. The van der Waals surface area contributed by atoms with E-state index in [0.717, 1.165) is 11.5 Å². The van der Waals surface area contributed by atoms with Crippen LogP contribution in [0.4, 0.5) is 13.2 Å². The predicted molar refractivity (Wildman–Crippen MR) is 76.9 cm³/mol. The average Bonchev–Trinajstić information content (AvgIpc) is 3.16. The average molecular weight is 315 g/mol. The molecule has 0 saturated carbocycles. The van der Waals surface area contributed by atoms with Crippen LogP contribution in [0.15, 0.2) is 47.4 Å². The van der Waals surface area contributed by atoms with Gasteiger partial charge in [0.2, 0.25) is 0 Å². The van der Waals surface area contributed by atoms with Crippen molar-refractivity contribution < 1.29 is 17.7 Å². The van der Waals surface area contributed by atoms with E-state index >= 15 is 0 Å². The predicted octanol–water partition coefficient (Wildman–Crippen LogP) is 4.30. The summed E-state index contributed by atoms with van der Waals surface area (Å²) < 4.78 is 46.2. The first-order chi connectivity index (χ1) is 11.1. The molecular weight excluding hydrogens is 307 g/mol. The summed E-state index contributed by atoms with van der Waals surface area (Å²) in [6.07, 6.45) is 4.46. The molecule has 0 aliphatic heterocycles. The third-order valence-electron chi connectivity index (χ3n) is 3.55. The molecule has 3 heterocycles. The number of nitrogens with zero attached hydrogens (tertiary/aromatic N) is 2. The Morgan fingerprint density at radius 3 is 2.78 bits per heavy atom. The van der Waals surface area contributed by atoms with Crippen LogP contribution in [0.2, 0.25) is 0 Å². The summed E-state index contributed by atoms with van der Waals surface area (Å²) >= 11 is 0. The lowest BCUT2D eigenvalue weighted by Crippen LogP contribution is -1.92. The van der Waals surface area contributed by atoms with Gasteiger partial charge < -0.3 is 9.51 Å². The molecule has 0 atom stereocenters. The SMILES string of the molecule is Fc1cc(F)c(F)c(-c2cnoc2-c2c[nH]c3ncccc23)c1. The fourth-order valence-electron chi connectivity index (χ4n) is 2.52. The molecule has 4 rings (SSSR count). The molecule has 114 valence electrons. The molecule has 1 aromatic carbocycles. The molecule has 0 bridgehead atoms. The number of aromatic amines is 1. The van der Waals surface area contributed by atoms with E-state index in [-0.39, 0.29) is 16.9 Å². The van der Waals surface area contributed by atoms with Crippen molar-refractivity contribution in [1.82, 2.24) is 15.1 Å². The summed E-state index contributed by atoms with van der Waals surface area (Å²) in [6, 6.07) is 4.92. The fourth-order valence-corrected chi connectivity index (χ4v) is 2.52. The number of fused-ring (bicyclic) bond motifs is 1. The minimum atomic E-state index is -1.27. The van der Waals surface area contributed by atoms with Crippen LogP contribution in [-0.4, -0.2) is 15.1 Å². The van der Waals surface area contributed by atoms with Crippen molar-refractivity contribution in [2.45, 2.75) is 0 Å². The van der Waals surface area contributed by atoms with Gasteiger partial charge in [0, 0.05) is 35.0 Å². The van der Waals surface area contributed by atoms with Crippen molar-refractivity contribution in [2.24, 2.45) is 0 Å². The minimum absolute atomic E-state index is 0.158. The largest absolute Gasteiger partial charge is 0.356 e. The molecule has 0 aliphatic rings. The highest BCUT2D eigenvalue weighted by atomic mass is 19.2. The summed E-state index contributed by atoms with van der Waals surface area (Å²) in [4.78, 5) is 7.10. The Morgan fingerprint density at radius 1 is 1.04 bits per heavy atom. The molecule has 23 heavy (non-hydrogen) atoms. The van der Waals surface area contributed by atoms with Crippen LogP contribution >= 0.6 is 0 Å². The Hall–Kier alpha value is -3.09. The topological polar surface area (TPSA) is 54.7 Å². The van der Waals surface area contributed by atoms with E-state index in [1.165, 1.54) is 6.20 Å². The molecule has 0 radical (unpaired) electrons. The molecule has 3 aromatic heterocycles. The number of halogens is 3. The number of H-pyrrole nitrogens is 1. The van der Waals surface area contributed by atoms with Crippen LogP contribution in [0.25, 0.3) is 33.5 Å². The first kappa shape index (κ1) is 13.6. The van der Waals surface area contributed by atoms with Gasteiger partial charge >= 0.3 is 0 Å². The number of benzene rings is 1. The zero-order valence-electron chi connectivity index (χ0n) is 11.5. The Morgan fingerprint density at radius 2 is 1.91 bits per heavy atom. The number of nitrogens with one attached hydrogen (secondary N) is 1. The third-order valence-corrected chi connectivity index (χ3v) is 3.55. The summed E-state index contributed by atoms with van der Waals surface area (Å²) in [5, 5.41) is 4.37. The monoisotopic (exact) mass is 315 g/mol. The molecule has 4 nitrogen and oxygen atoms in total. The van der Waals surface area contributed by atoms with Gasteiger partial charge in [0.05, 0.1) is 11.8 Å². The molecule has 7 heteroatoms. The highest BCUT2D eigenvalue weighted by Gasteiger charge is 2.21. The molecule has 4 aromatic rings. The lowest BCUT2D eigenvalue weighted by molar-refractivity contribution is 0.432. The van der Waals surface area contributed by atoms with Crippen LogP contribution in [0, 0.1) is 17.5 Å². The summed E-state index contributed by atoms with van der Waals surface area (Å²) in [5.41, 5.74) is 1.09. The van der Waals surface area contributed by atoms with Crippen molar-refractivity contribution in [3.05, 3.63) is 60.3 Å². The zero-order valence-corrected chi connectivity index (χ0v) is 11.5. The maximum absolute atomic E-state index is 14.0. The van der Waals surface area contributed by atoms with Gasteiger partial charge in [0.15, 0.2) is 17.4 Å². The van der Waals surface area contributed by atoms with Crippen molar-refractivity contribution in [1.29, 1.82) is 0 Å². The second-order valence-corrected chi connectivity index (χ2v) is 4.92. The normalized spacial score (nSPS) is 11.3. The number of hydrogen-bond acceptors (Lipinski definition) is 3. The standard InChI is InChI=1S/C16H8F3N3O/c17-8-4-10(14(19)13(18)5-8)12-7-22-23-15(12)11-6-21-16-9(11)2-1-3-20-16/h1-7H,(H,20,21). The second-order valence-electron chi connectivity index (χ2n) is 4.92. The minimum Gasteiger partial charge on any atom is -0.356 e. The van der Waals surface area contributed by atoms with Crippen LogP contribution in [0.5, 0.6) is 0 Å². The fraction of sp³-hybridized carbons (Fsp3) is 0. The van der Waals surface area contributed by atoms with Crippen molar-refractivity contribution in [3.8, 4) is 22.5 Å². The number of hydrogen-bond donors (Lipinski definition) is 1. The first-order valence-corrected chi connectivity index (χ1v) is 6.67. The smallest absolute Gasteiger partial charge is 0.176 e. The maximum atomic E-state index is 14.0. The Labute approximate surface area is 127 Å². The quantitative estimate of drug-likeness (QED) is 0.561. The molecule has 0 amide bonds. The van der Waals surface area contributed by atoms with Crippen molar-refractivity contribution in [3.63, 3.8) is 0 Å². The van der Waals surface area contributed by atoms with Crippen molar-refractivity contribution >= 4 is 11.0 Å². The second kappa shape index (κ2) is 4.98. The van der Waals surface area contributed by atoms with Gasteiger partial charge in [0.25, 0.3) is 0 Å². The molecule has 0 unspecified atom stereocenters. The lowest BCUT2D eigenvalue weighted by atomic mass is 10.0. The van der Waals surface area contributed by atoms with E-state index in [2.05, 4.69) is 15.1 Å². The lowest BCUT2D eigenvalue weighted by Gasteiger charge is -2.04.